The zero-order valence-electron chi connectivity index (χ0n) is 9.76. The number of nitrogens with zero attached hydrogens (tertiary/aromatic N) is 1. The van der Waals surface area contributed by atoms with E-state index in [-0.39, 0.29) is 0 Å². The first-order valence-corrected chi connectivity index (χ1v) is 6.87. The zero-order chi connectivity index (χ0) is 12.1. The second kappa shape index (κ2) is 5.80. The van der Waals surface area contributed by atoms with Crippen molar-refractivity contribution in [1.29, 1.82) is 0 Å². The van der Waals surface area contributed by atoms with E-state index in [1.54, 1.807) is 0 Å². The summed E-state index contributed by atoms with van der Waals surface area (Å²) in [6, 6.07) is 9.68. The van der Waals surface area contributed by atoms with Crippen molar-refractivity contribution in [2.75, 3.05) is 6.61 Å². The summed E-state index contributed by atoms with van der Waals surface area (Å²) in [5.74, 6) is 0.856. The lowest BCUT2D eigenvalue weighted by atomic mass is 10.2. The molecule has 0 spiro atoms. The van der Waals surface area contributed by atoms with E-state index in [9.17, 15) is 4.55 Å². The zero-order valence-corrected chi connectivity index (χ0v) is 10.6. The van der Waals surface area contributed by atoms with Crippen LogP contribution in [0.2, 0.25) is 0 Å². The van der Waals surface area contributed by atoms with Crippen LogP contribution < -0.4 is 4.74 Å². The molecule has 4 heteroatoms. The predicted octanol–water partition coefficient (Wildman–Crippen LogP) is 2.99. The van der Waals surface area contributed by atoms with Crippen molar-refractivity contribution in [2.24, 2.45) is 0 Å². The van der Waals surface area contributed by atoms with E-state index in [1.165, 1.54) is 5.51 Å². The second-order valence-corrected chi connectivity index (χ2v) is 4.97. The SMILES string of the molecule is CCc1c(CCOc2ccccc2)nc[s+]1[O-]. The second-order valence-electron chi connectivity index (χ2n) is 3.67. The largest absolute Gasteiger partial charge is 0.589 e. The maximum atomic E-state index is 11.5. The lowest BCUT2D eigenvalue weighted by Crippen LogP contribution is -2.03. The molecule has 1 aromatic heterocycles. The summed E-state index contributed by atoms with van der Waals surface area (Å²) in [4.78, 5) is 5.11. The van der Waals surface area contributed by atoms with Crippen LogP contribution in [-0.2, 0) is 12.8 Å². The predicted molar refractivity (Wildman–Crippen MR) is 67.9 cm³/mol. The molecule has 0 N–H and O–H groups in total. The van der Waals surface area contributed by atoms with E-state index >= 15 is 0 Å². The van der Waals surface area contributed by atoms with Gasteiger partial charge in [0.25, 0.3) is 0 Å². The van der Waals surface area contributed by atoms with E-state index < -0.39 is 10.8 Å². The van der Waals surface area contributed by atoms with E-state index in [0.717, 1.165) is 22.7 Å². The summed E-state index contributed by atoms with van der Waals surface area (Å²) < 4.78 is 17.1. The van der Waals surface area contributed by atoms with Gasteiger partial charge in [-0.3, -0.25) is 0 Å². The number of para-hydroxylation sites is 1. The summed E-state index contributed by atoms with van der Waals surface area (Å²) in [5.41, 5.74) is 2.43. The number of hydrogen-bond donors (Lipinski definition) is 0. The van der Waals surface area contributed by atoms with Crippen LogP contribution in [0.15, 0.2) is 35.8 Å². The lowest BCUT2D eigenvalue weighted by molar-refractivity contribution is 0.320. The number of benzene rings is 1. The minimum Gasteiger partial charge on any atom is -0.589 e. The molecular formula is C13H15NO2S. The van der Waals surface area contributed by atoms with Crippen LogP contribution in [-0.4, -0.2) is 16.1 Å². The number of hydrogen-bond acceptors (Lipinski definition) is 3. The molecule has 90 valence electrons. The summed E-state index contributed by atoms with van der Waals surface area (Å²) in [6.45, 7) is 2.57. The lowest BCUT2D eigenvalue weighted by Gasteiger charge is -2.04. The van der Waals surface area contributed by atoms with Crippen molar-refractivity contribution in [1.82, 2.24) is 4.98 Å². The Morgan fingerprint density at radius 2 is 2.06 bits per heavy atom. The summed E-state index contributed by atoms with van der Waals surface area (Å²) >= 11 is 0. The monoisotopic (exact) mass is 249 g/mol. The van der Waals surface area contributed by atoms with Crippen LogP contribution in [0.5, 0.6) is 5.75 Å². The molecule has 0 aliphatic carbocycles. The molecule has 1 atom stereocenters. The first-order valence-electron chi connectivity index (χ1n) is 5.66. The van der Waals surface area contributed by atoms with Gasteiger partial charge in [-0.15, -0.1) is 0 Å². The number of aromatic nitrogens is 1. The van der Waals surface area contributed by atoms with Crippen molar-refractivity contribution < 1.29 is 9.29 Å². The highest BCUT2D eigenvalue weighted by atomic mass is 32.2. The molecule has 0 bridgehead atoms. The summed E-state index contributed by atoms with van der Waals surface area (Å²) in [5, 5.41) is 0. The van der Waals surface area contributed by atoms with Gasteiger partial charge in [0.2, 0.25) is 5.51 Å². The third-order valence-corrected chi connectivity index (χ3v) is 3.85. The fraction of sp³-hybridized carbons (Fsp3) is 0.308. The van der Waals surface area contributed by atoms with E-state index in [1.807, 2.05) is 37.3 Å². The maximum Gasteiger partial charge on any atom is 0.229 e. The first kappa shape index (κ1) is 12.1. The Balaban J connectivity index is 1.90. The smallest absolute Gasteiger partial charge is 0.229 e. The van der Waals surface area contributed by atoms with E-state index in [0.29, 0.717) is 13.0 Å². The highest BCUT2D eigenvalue weighted by molar-refractivity contribution is 7.23. The molecule has 0 fully saturated rings. The Bertz CT molecular complexity index is 468. The molecule has 0 aliphatic rings. The van der Waals surface area contributed by atoms with E-state index in [2.05, 4.69) is 4.98 Å². The van der Waals surface area contributed by atoms with Crippen molar-refractivity contribution in [3.05, 3.63) is 46.4 Å². The molecule has 1 unspecified atom stereocenters. The normalized spacial score (nSPS) is 11.5. The Morgan fingerprint density at radius 3 is 2.76 bits per heavy atom. The molecule has 17 heavy (non-hydrogen) atoms. The van der Waals surface area contributed by atoms with E-state index in [4.69, 9.17) is 4.74 Å². The van der Waals surface area contributed by atoms with Gasteiger partial charge in [0.1, 0.15) is 11.4 Å². The van der Waals surface area contributed by atoms with Crippen LogP contribution in [0.1, 0.15) is 17.5 Å². The fourth-order valence-corrected chi connectivity index (χ4v) is 2.72. The van der Waals surface area contributed by atoms with Crippen LogP contribution >= 0.6 is 10.8 Å². The van der Waals surface area contributed by atoms with Gasteiger partial charge in [-0.2, -0.15) is 0 Å². The maximum absolute atomic E-state index is 11.5. The van der Waals surface area contributed by atoms with Gasteiger partial charge in [0.05, 0.1) is 6.61 Å². The highest BCUT2D eigenvalue weighted by Gasteiger charge is 2.13. The van der Waals surface area contributed by atoms with Gasteiger partial charge in [0.15, 0.2) is 4.88 Å². The Kier molecular flexibility index (Phi) is 4.12. The molecule has 1 heterocycles. The molecule has 0 amide bonds. The fourth-order valence-electron chi connectivity index (χ4n) is 1.70. The van der Waals surface area contributed by atoms with Gasteiger partial charge >= 0.3 is 0 Å². The van der Waals surface area contributed by atoms with Gasteiger partial charge < -0.3 is 9.29 Å². The van der Waals surface area contributed by atoms with Crippen molar-refractivity contribution in [2.45, 2.75) is 19.8 Å². The minimum absolute atomic E-state index is 0.567. The summed E-state index contributed by atoms with van der Waals surface area (Å²) in [7, 11) is -1.01. The molecule has 2 aromatic rings. The standard InChI is InChI=1S/C13H15NO2S/c1-2-13-12(14-10-17(13)15)8-9-16-11-6-4-3-5-7-11/h3-7,10H,2,8-9H2,1H3. The van der Waals surface area contributed by atoms with Gasteiger partial charge in [0, 0.05) is 12.8 Å². The van der Waals surface area contributed by atoms with Gasteiger partial charge in [-0.1, -0.05) is 25.1 Å². The third-order valence-electron chi connectivity index (χ3n) is 2.54. The highest BCUT2D eigenvalue weighted by Crippen LogP contribution is 2.23. The molecule has 0 saturated heterocycles. The first-order chi connectivity index (χ1) is 8.31. The topological polar surface area (TPSA) is 45.2 Å². The van der Waals surface area contributed by atoms with Crippen LogP contribution in [0.3, 0.4) is 0 Å². The Labute approximate surface area is 104 Å². The number of thiazole rings is 1. The molecule has 0 radical (unpaired) electrons. The molecular weight excluding hydrogens is 234 g/mol. The third kappa shape index (κ3) is 3.05. The van der Waals surface area contributed by atoms with Crippen molar-refractivity contribution in [3.8, 4) is 5.75 Å². The molecule has 1 aromatic carbocycles. The molecule has 0 aliphatic heterocycles. The Morgan fingerprint density at radius 1 is 1.29 bits per heavy atom. The van der Waals surface area contributed by atoms with Crippen LogP contribution in [0, 0.1) is 0 Å². The molecule has 3 nitrogen and oxygen atoms in total. The quantitative estimate of drug-likeness (QED) is 0.765. The Hall–Kier alpha value is -1.39. The average molecular weight is 249 g/mol. The van der Waals surface area contributed by atoms with Crippen molar-refractivity contribution >= 4 is 10.8 Å². The van der Waals surface area contributed by atoms with Gasteiger partial charge in [-0.05, 0) is 22.9 Å². The van der Waals surface area contributed by atoms with Crippen LogP contribution in [0.25, 0.3) is 0 Å². The summed E-state index contributed by atoms with van der Waals surface area (Å²) in [6.07, 6.45) is 1.49. The minimum atomic E-state index is -1.01. The van der Waals surface area contributed by atoms with Crippen molar-refractivity contribution in [3.63, 3.8) is 0 Å². The van der Waals surface area contributed by atoms with Gasteiger partial charge in [-0.25, -0.2) is 4.98 Å². The van der Waals surface area contributed by atoms with Crippen LogP contribution in [0.4, 0.5) is 0 Å². The number of rotatable bonds is 5. The molecule has 0 saturated carbocycles. The number of ether oxygens (including phenoxy) is 1. The average Bonchev–Trinajstić information content (AvgIpc) is 2.71. The molecule has 2 rings (SSSR count).